The highest BCUT2D eigenvalue weighted by molar-refractivity contribution is 5.91. The lowest BCUT2D eigenvalue weighted by Crippen LogP contribution is -2.16. The van der Waals surface area contributed by atoms with Crippen LogP contribution >= 0.6 is 0 Å². The SMILES string of the molecule is CC(=O)Nc1ccc(OC(=O)c2ccc(OCC3CCCO3)cc2)cc1. The van der Waals surface area contributed by atoms with Crippen LogP contribution in [0.3, 0.4) is 0 Å². The maximum absolute atomic E-state index is 12.2. The van der Waals surface area contributed by atoms with Gasteiger partial charge in [0.25, 0.3) is 0 Å². The predicted molar refractivity (Wildman–Crippen MR) is 96.6 cm³/mol. The van der Waals surface area contributed by atoms with Gasteiger partial charge in [-0.3, -0.25) is 4.79 Å². The van der Waals surface area contributed by atoms with Gasteiger partial charge in [-0.25, -0.2) is 4.79 Å². The highest BCUT2D eigenvalue weighted by Gasteiger charge is 2.16. The first kappa shape index (κ1) is 17.9. The summed E-state index contributed by atoms with van der Waals surface area (Å²) in [6.07, 6.45) is 2.25. The molecule has 1 atom stereocenters. The molecule has 1 heterocycles. The van der Waals surface area contributed by atoms with Crippen molar-refractivity contribution in [1.82, 2.24) is 0 Å². The Balaban J connectivity index is 1.53. The Morgan fingerprint density at radius 2 is 1.77 bits per heavy atom. The Labute approximate surface area is 152 Å². The molecular weight excluding hydrogens is 334 g/mol. The van der Waals surface area contributed by atoms with Crippen LogP contribution in [0.2, 0.25) is 0 Å². The van der Waals surface area contributed by atoms with E-state index < -0.39 is 5.97 Å². The monoisotopic (exact) mass is 355 g/mol. The number of ether oxygens (including phenoxy) is 3. The topological polar surface area (TPSA) is 73.9 Å². The molecule has 1 saturated heterocycles. The fourth-order valence-electron chi connectivity index (χ4n) is 2.63. The molecule has 6 heteroatoms. The van der Waals surface area contributed by atoms with Gasteiger partial charge in [-0.15, -0.1) is 0 Å². The lowest BCUT2D eigenvalue weighted by molar-refractivity contribution is -0.114. The molecule has 26 heavy (non-hydrogen) atoms. The van der Waals surface area contributed by atoms with Crippen molar-refractivity contribution < 1.29 is 23.8 Å². The number of hydrogen-bond acceptors (Lipinski definition) is 5. The van der Waals surface area contributed by atoms with Crippen LogP contribution in [0.4, 0.5) is 5.69 Å². The third kappa shape index (κ3) is 5.07. The quantitative estimate of drug-likeness (QED) is 0.635. The van der Waals surface area contributed by atoms with Gasteiger partial charge in [-0.2, -0.15) is 0 Å². The molecule has 3 rings (SSSR count). The van der Waals surface area contributed by atoms with Gasteiger partial charge in [0, 0.05) is 19.2 Å². The standard InChI is InChI=1S/C20H21NO5/c1-14(22)21-16-6-10-18(11-7-16)26-20(23)15-4-8-17(9-5-15)25-13-19-3-2-12-24-19/h4-11,19H,2-3,12-13H2,1H3,(H,21,22). The number of amides is 1. The van der Waals surface area contributed by atoms with E-state index in [1.165, 1.54) is 6.92 Å². The fourth-order valence-corrected chi connectivity index (χ4v) is 2.63. The van der Waals surface area contributed by atoms with Gasteiger partial charge < -0.3 is 19.5 Å². The van der Waals surface area contributed by atoms with Crippen molar-refractivity contribution in [2.45, 2.75) is 25.9 Å². The summed E-state index contributed by atoms with van der Waals surface area (Å²) in [7, 11) is 0. The van der Waals surface area contributed by atoms with Crippen LogP contribution in [0.1, 0.15) is 30.1 Å². The van der Waals surface area contributed by atoms with Crippen LogP contribution in [0.25, 0.3) is 0 Å². The summed E-state index contributed by atoms with van der Waals surface area (Å²) >= 11 is 0. The molecule has 0 aliphatic carbocycles. The average molecular weight is 355 g/mol. The first-order chi connectivity index (χ1) is 12.6. The maximum Gasteiger partial charge on any atom is 0.343 e. The minimum atomic E-state index is -0.456. The summed E-state index contributed by atoms with van der Waals surface area (Å²) < 4.78 is 16.5. The minimum Gasteiger partial charge on any atom is -0.491 e. The van der Waals surface area contributed by atoms with E-state index in [0.717, 1.165) is 19.4 Å². The summed E-state index contributed by atoms with van der Waals surface area (Å²) in [5, 5.41) is 2.65. The fraction of sp³-hybridized carbons (Fsp3) is 0.300. The second-order valence-electron chi connectivity index (χ2n) is 6.07. The largest absolute Gasteiger partial charge is 0.491 e. The molecule has 2 aromatic rings. The van der Waals surface area contributed by atoms with E-state index in [4.69, 9.17) is 14.2 Å². The Morgan fingerprint density at radius 1 is 1.08 bits per heavy atom. The molecule has 1 aliphatic rings. The predicted octanol–water partition coefficient (Wildman–Crippen LogP) is 3.42. The van der Waals surface area contributed by atoms with Crippen LogP contribution in [0.5, 0.6) is 11.5 Å². The lowest BCUT2D eigenvalue weighted by atomic mass is 10.2. The molecule has 1 N–H and O–H groups in total. The van der Waals surface area contributed by atoms with Crippen LogP contribution in [0, 0.1) is 0 Å². The Morgan fingerprint density at radius 3 is 2.38 bits per heavy atom. The molecule has 0 radical (unpaired) electrons. The van der Waals surface area contributed by atoms with Crippen molar-refractivity contribution in [2.75, 3.05) is 18.5 Å². The molecule has 0 saturated carbocycles. The number of nitrogens with one attached hydrogen (secondary N) is 1. The smallest absolute Gasteiger partial charge is 0.343 e. The second kappa shape index (κ2) is 8.49. The molecule has 0 spiro atoms. The number of carbonyl (C=O) groups is 2. The summed E-state index contributed by atoms with van der Waals surface area (Å²) in [5.74, 6) is 0.485. The van der Waals surface area contributed by atoms with E-state index in [2.05, 4.69) is 5.32 Å². The molecule has 0 bridgehead atoms. The van der Waals surface area contributed by atoms with Crippen LogP contribution in [-0.4, -0.2) is 31.2 Å². The van der Waals surface area contributed by atoms with E-state index >= 15 is 0 Å². The van der Waals surface area contributed by atoms with E-state index in [0.29, 0.717) is 29.4 Å². The maximum atomic E-state index is 12.2. The number of benzene rings is 2. The third-order valence-corrected chi connectivity index (χ3v) is 3.94. The lowest BCUT2D eigenvalue weighted by Gasteiger charge is -2.11. The van der Waals surface area contributed by atoms with Crippen molar-refractivity contribution >= 4 is 17.6 Å². The van der Waals surface area contributed by atoms with Crippen molar-refractivity contribution in [3.05, 3.63) is 54.1 Å². The molecule has 0 aromatic heterocycles. The van der Waals surface area contributed by atoms with E-state index in [1.807, 2.05) is 0 Å². The third-order valence-electron chi connectivity index (χ3n) is 3.94. The van der Waals surface area contributed by atoms with Gasteiger partial charge in [0.1, 0.15) is 18.1 Å². The molecule has 2 aromatic carbocycles. The Hall–Kier alpha value is -2.86. The Kier molecular flexibility index (Phi) is 5.86. The zero-order chi connectivity index (χ0) is 18.4. The second-order valence-corrected chi connectivity index (χ2v) is 6.07. The summed E-state index contributed by atoms with van der Waals surface area (Å²) in [5.41, 5.74) is 1.07. The summed E-state index contributed by atoms with van der Waals surface area (Å²) in [6.45, 7) is 2.75. The van der Waals surface area contributed by atoms with Crippen LogP contribution < -0.4 is 14.8 Å². The number of rotatable bonds is 6. The van der Waals surface area contributed by atoms with E-state index in [-0.39, 0.29) is 12.0 Å². The summed E-state index contributed by atoms with van der Waals surface area (Å²) in [6, 6.07) is 13.4. The number of esters is 1. The number of hydrogen-bond donors (Lipinski definition) is 1. The first-order valence-corrected chi connectivity index (χ1v) is 8.54. The normalized spacial score (nSPS) is 16.1. The molecule has 1 unspecified atom stereocenters. The molecule has 1 fully saturated rings. The van der Waals surface area contributed by atoms with Gasteiger partial charge in [-0.05, 0) is 61.4 Å². The van der Waals surface area contributed by atoms with E-state index in [1.54, 1.807) is 48.5 Å². The van der Waals surface area contributed by atoms with Gasteiger partial charge in [-0.1, -0.05) is 0 Å². The van der Waals surface area contributed by atoms with Gasteiger partial charge in [0.05, 0.1) is 11.7 Å². The molecule has 136 valence electrons. The molecule has 1 amide bonds. The van der Waals surface area contributed by atoms with Gasteiger partial charge in [0.2, 0.25) is 5.91 Å². The van der Waals surface area contributed by atoms with Crippen LogP contribution in [-0.2, 0) is 9.53 Å². The van der Waals surface area contributed by atoms with Gasteiger partial charge >= 0.3 is 5.97 Å². The highest BCUT2D eigenvalue weighted by atomic mass is 16.5. The van der Waals surface area contributed by atoms with Crippen LogP contribution in [0.15, 0.2) is 48.5 Å². The Bertz CT molecular complexity index is 749. The van der Waals surface area contributed by atoms with Crippen molar-refractivity contribution in [3.8, 4) is 11.5 Å². The van der Waals surface area contributed by atoms with Crippen molar-refractivity contribution in [3.63, 3.8) is 0 Å². The highest BCUT2D eigenvalue weighted by Crippen LogP contribution is 2.19. The summed E-state index contributed by atoms with van der Waals surface area (Å²) in [4.78, 5) is 23.2. The number of anilines is 1. The first-order valence-electron chi connectivity index (χ1n) is 8.54. The molecule has 6 nitrogen and oxygen atoms in total. The molecule has 1 aliphatic heterocycles. The average Bonchev–Trinajstić information content (AvgIpc) is 3.15. The molecular formula is C20H21NO5. The zero-order valence-corrected chi connectivity index (χ0v) is 14.6. The van der Waals surface area contributed by atoms with E-state index in [9.17, 15) is 9.59 Å². The minimum absolute atomic E-state index is 0.153. The number of carbonyl (C=O) groups excluding carboxylic acids is 2. The van der Waals surface area contributed by atoms with Gasteiger partial charge in [0.15, 0.2) is 0 Å². The van der Waals surface area contributed by atoms with Crippen molar-refractivity contribution in [2.24, 2.45) is 0 Å². The van der Waals surface area contributed by atoms with Crippen molar-refractivity contribution in [1.29, 1.82) is 0 Å². The zero-order valence-electron chi connectivity index (χ0n) is 14.6.